The summed E-state index contributed by atoms with van der Waals surface area (Å²) in [6.07, 6.45) is 3.81. The maximum absolute atomic E-state index is 5.95. The summed E-state index contributed by atoms with van der Waals surface area (Å²) in [5.41, 5.74) is 2.83. The van der Waals surface area contributed by atoms with Crippen LogP contribution in [0.2, 0.25) is 0 Å². The topological polar surface area (TPSA) is 21.3 Å². The van der Waals surface area contributed by atoms with Gasteiger partial charge in [0.25, 0.3) is 0 Å². The number of nitrogens with one attached hydrogen (secondary N) is 1. The van der Waals surface area contributed by atoms with Crippen molar-refractivity contribution < 1.29 is 4.74 Å². The predicted octanol–water partition coefficient (Wildman–Crippen LogP) is 2.81. The van der Waals surface area contributed by atoms with Crippen LogP contribution in [0.1, 0.15) is 30.1 Å². The molecule has 1 fully saturated rings. The molecule has 2 atom stereocenters. The number of hydrogen-bond donors (Lipinski definition) is 1. The molecule has 0 saturated carbocycles. The fourth-order valence-electron chi connectivity index (χ4n) is 2.76. The van der Waals surface area contributed by atoms with Crippen LogP contribution >= 0.6 is 15.9 Å². The smallest absolute Gasteiger partial charge is 0.0980 e. The maximum Gasteiger partial charge on any atom is 0.0980 e. The predicted molar refractivity (Wildman–Crippen MR) is 67.6 cm³/mol. The van der Waals surface area contributed by atoms with Gasteiger partial charge in [0.15, 0.2) is 0 Å². The highest BCUT2D eigenvalue weighted by molar-refractivity contribution is 9.10. The number of hydrogen-bond acceptors (Lipinski definition) is 2. The van der Waals surface area contributed by atoms with Crippen molar-refractivity contribution in [1.82, 2.24) is 5.32 Å². The van der Waals surface area contributed by atoms with Crippen LogP contribution in [0.5, 0.6) is 0 Å². The molecule has 0 amide bonds. The summed E-state index contributed by atoms with van der Waals surface area (Å²) in [4.78, 5) is 0. The Hall–Kier alpha value is -0.380. The SMILES string of the molecule is Brc1ccc2c(c1)CCO[C@H]2C1CCCN1. The highest BCUT2D eigenvalue weighted by Crippen LogP contribution is 2.34. The summed E-state index contributed by atoms with van der Waals surface area (Å²) in [7, 11) is 0. The Morgan fingerprint density at radius 1 is 1.38 bits per heavy atom. The van der Waals surface area contributed by atoms with Gasteiger partial charge in [-0.2, -0.15) is 0 Å². The lowest BCUT2D eigenvalue weighted by Gasteiger charge is -2.30. The Balaban J connectivity index is 1.93. The maximum atomic E-state index is 5.95. The quantitative estimate of drug-likeness (QED) is 0.855. The fourth-order valence-corrected chi connectivity index (χ4v) is 3.17. The van der Waals surface area contributed by atoms with E-state index in [4.69, 9.17) is 4.74 Å². The third-order valence-electron chi connectivity index (χ3n) is 3.54. The van der Waals surface area contributed by atoms with E-state index in [0.717, 1.165) is 19.6 Å². The zero-order valence-corrected chi connectivity index (χ0v) is 10.8. The first-order valence-electron chi connectivity index (χ1n) is 5.98. The van der Waals surface area contributed by atoms with Crippen molar-refractivity contribution in [3.63, 3.8) is 0 Å². The molecule has 16 heavy (non-hydrogen) atoms. The van der Waals surface area contributed by atoms with Crippen LogP contribution < -0.4 is 5.32 Å². The monoisotopic (exact) mass is 281 g/mol. The number of rotatable bonds is 1. The number of benzene rings is 1. The molecule has 2 aliphatic heterocycles. The summed E-state index contributed by atoms with van der Waals surface area (Å²) >= 11 is 3.54. The first-order valence-corrected chi connectivity index (χ1v) is 6.77. The molecule has 0 aromatic heterocycles. The van der Waals surface area contributed by atoms with Gasteiger partial charge in [0.05, 0.1) is 12.7 Å². The van der Waals surface area contributed by atoms with Gasteiger partial charge in [-0.15, -0.1) is 0 Å². The van der Waals surface area contributed by atoms with Gasteiger partial charge in [-0.05, 0) is 49.1 Å². The Labute approximate surface area is 105 Å². The zero-order valence-electron chi connectivity index (χ0n) is 9.21. The molecule has 2 nitrogen and oxygen atoms in total. The lowest BCUT2D eigenvalue weighted by molar-refractivity contribution is 0.0199. The van der Waals surface area contributed by atoms with Crippen molar-refractivity contribution in [2.45, 2.75) is 31.4 Å². The summed E-state index contributed by atoms with van der Waals surface area (Å²) < 4.78 is 7.12. The van der Waals surface area contributed by atoms with E-state index in [1.165, 1.54) is 28.4 Å². The normalized spacial score (nSPS) is 29.1. The van der Waals surface area contributed by atoms with E-state index in [2.05, 4.69) is 39.4 Å². The van der Waals surface area contributed by atoms with Gasteiger partial charge in [0.1, 0.15) is 0 Å². The second-order valence-electron chi connectivity index (χ2n) is 4.59. The van der Waals surface area contributed by atoms with Crippen LogP contribution in [0.3, 0.4) is 0 Å². The van der Waals surface area contributed by atoms with Crippen LogP contribution in [0, 0.1) is 0 Å². The molecule has 1 saturated heterocycles. The molecule has 1 aromatic carbocycles. The molecule has 3 heteroatoms. The van der Waals surface area contributed by atoms with Gasteiger partial charge >= 0.3 is 0 Å². The van der Waals surface area contributed by atoms with Crippen molar-refractivity contribution in [2.24, 2.45) is 0 Å². The largest absolute Gasteiger partial charge is 0.372 e. The van der Waals surface area contributed by atoms with Crippen LogP contribution in [0.4, 0.5) is 0 Å². The van der Waals surface area contributed by atoms with Gasteiger partial charge in [-0.3, -0.25) is 0 Å². The summed E-state index contributed by atoms with van der Waals surface area (Å²) in [5, 5.41) is 3.55. The highest BCUT2D eigenvalue weighted by Gasteiger charge is 2.30. The third kappa shape index (κ3) is 1.92. The Kier molecular flexibility index (Phi) is 3.01. The van der Waals surface area contributed by atoms with E-state index in [1.807, 2.05) is 0 Å². The second-order valence-corrected chi connectivity index (χ2v) is 5.50. The van der Waals surface area contributed by atoms with Gasteiger partial charge in [-0.25, -0.2) is 0 Å². The van der Waals surface area contributed by atoms with E-state index >= 15 is 0 Å². The zero-order chi connectivity index (χ0) is 11.0. The molecule has 0 aliphatic carbocycles. The average molecular weight is 282 g/mol. The van der Waals surface area contributed by atoms with E-state index in [9.17, 15) is 0 Å². The minimum atomic E-state index is 0.263. The molecule has 2 aliphatic rings. The molecular weight excluding hydrogens is 266 g/mol. The Morgan fingerprint density at radius 2 is 2.31 bits per heavy atom. The van der Waals surface area contributed by atoms with Crippen molar-refractivity contribution in [1.29, 1.82) is 0 Å². The molecular formula is C13H16BrNO. The molecule has 0 radical (unpaired) electrons. The number of ether oxygens (including phenoxy) is 1. The lowest BCUT2D eigenvalue weighted by atomic mass is 9.92. The molecule has 1 unspecified atom stereocenters. The van der Waals surface area contributed by atoms with Crippen molar-refractivity contribution in [3.8, 4) is 0 Å². The highest BCUT2D eigenvalue weighted by atomic mass is 79.9. The lowest BCUT2D eigenvalue weighted by Crippen LogP contribution is -2.33. The standard InChI is InChI=1S/C13H16BrNO/c14-10-3-4-11-9(8-10)5-7-16-13(11)12-2-1-6-15-12/h3-4,8,12-13,15H,1-2,5-7H2/t12?,13-/m1/s1. The van der Waals surface area contributed by atoms with E-state index < -0.39 is 0 Å². The Bertz CT molecular complexity index is 388. The van der Waals surface area contributed by atoms with Crippen molar-refractivity contribution in [2.75, 3.05) is 13.2 Å². The van der Waals surface area contributed by atoms with Crippen molar-refractivity contribution in [3.05, 3.63) is 33.8 Å². The van der Waals surface area contributed by atoms with Gasteiger partial charge in [-0.1, -0.05) is 22.0 Å². The first kappa shape index (κ1) is 10.8. The average Bonchev–Trinajstić information content (AvgIpc) is 2.81. The summed E-state index contributed by atoms with van der Waals surface area (Å²) in [6, 6.07) is 7.08. The number of fused-ring (bicyclic) bond motifs is 1. The third-order valence-corrected chi connectivity index (χ3v) is 4.04. The Morgan fingerprint density at radius 3 is 3.12 bits per heavy atom. The van der Waals surface area contributed by atoms with Gasteiger partial charge in [0, 0.05) is 10.5 Å². The van der Waals surface area contributed by atoms with Crippen LogP contribution in [0.25, 0.3) is 0 Å². The molecule has 2 heterocycles. The molecule has 3 rings (SSSR count). The fraction of sp³-hybridized carbons (Fsp3) is 0.538. The van der Waals surface area contributed by atoms with Gasteiger partial charge < -0.3 is 10.1 Å². The minimum absolute atomic E-state index is 0.263. The molecule has 1 N–H and O–H groups in total. The molecule has 0 spiro atoms. The first-order chi connectivity index (χ1) is 7.84. The minimum Gasteiger partial charge on any atom is -0.372 e. The molecule has 86 valence electrons. The molecule has 1 aromatic rings. The van der Waals surface area contributed by atoms with Crippen molar-refractivity contribution >= 4 is 15.9 Å². The van der Waals surface area contributed by atoms with E-state index in [0.29, 0.717) is 6.04 Å². The van der Waals surface area contributed by atoms with Gasteiger partial charge in [0.2, 0.25) is 0 Å². The van der Waals surface area contributed by atoms with E-state index in [-0.39, 0.29) is 6.10 Å². The second kappa shape index (κ2) is 4.47. The summed E-state index contributed by atoms with van der Waals surface area (Å²) in [5.74, 6) is 0. The molecule has 0 bridgehead atoms. The summed E-state index contributed by atoms with van der Waals surface area (Å²) in [6.45, 7) is 1.99. The van der Waals surface area contributed by atoms with Crippen LogP contribution in [-0.4, -0.2) is 19.2 Å². The number of halogens is 1. The van der Waals surface area contributed by atoms with Crippen LogP contribution in [-0.2, 0) is 11.2 Å². The van der Waals surface area contributed by atoms with Crippen LogP contribution in [0.15, 0.2) is 22.7 Å². The van der Waals surface area contributed by atoms with E-state index in [1.54, 1.807) is 0 Å².